The van der Waals surface area contributed by atoms with Crippen LogP contribution in [0.3, 0.4) is 0 Å². The highest BCUT2D eigenvalue weighted by Gasteiger charge is 2.57. The molecule has 3 fully saturated rings. The minimum atomic E-state index is -1.29. The van der Waals surface area contributed by atoms with Crippen LogP contribution in [0, 0.1) is 0 Å². The zero-order valence-corrected chi connectivity index (χ0v) is 20.0. The van der Waals surface area contributed by atoms with Gasteiger partial charge in [0.05, 0.1) is 19.1 Å². The van der Waals surface area contributed by atoms with Crippen LogP contribution in [0.15, 0.2) is 24.3 Å². The van der Waals surface area contributed by atoms with Gasteiger partial charge in [0, 0.05) is 50.6 Å². The molecule has 4 amide bonds. The van der Waals surface area contributed by atoms with Gasteiger partial charge in [0.2, 0.25) is 17.7 Å². The van der Waals surface area contributed by atoms with Crippen molar-refractivity contribution in [3.63, 3.8) is 0 Å². The molecule has 1 aromatic carbocycles. The van der Waals surface area contributed by atoms with Crippen LogP contribution in [0.4, 0.5) is 4.79 Å². The van der Waals surface area contributed by atoms with Crippen LogP contribution in [-0.2, 0) is 24.5 Å². The molecule has 184 valence electrons. The van der Waals surface area contributed by atoms with Gasteiger partial charge in [-0.25, -0.2) is 4.79 Å². The van der Waals surface area contributed by atoms with Crippen molar-refractivity contribution in [2.24, 2.45) is 0 Å². The van der Waals surface area contributed by atoms with E-state index in [4.69, 9.17) is 9.47 Å². The van der Waals surface area contributed by atoms with Crippen molar-refractivity contribution in [2.45, 2.75) is 56.9 Å². The van der Waals surface area contributed by atoms with Crippen molar-refractivity contribution in [2.75, 3.05) is 39.9 Å². The third-order valence-corrected chi connectivity index (χ3v) is 7.27. The molecular weight excluding hydrogens is 438 g/mol. The first kappa shape index (κ1) is 24.0. The van der Waals surface area contributed by atoms with E-state index in [1.54, 1.807) is 34.9 Å². The average molecular weight is 472 g/mol. The van der Waals surface area contributed by atoms with Crippen molar-refractivity contribution in [1.82, 2.24) is 14.7 Å². The van der Waals surface area contributed by atoms with Crippen molar-refractivity contribution in [3.05, 3.63) is 29.8 Å². The molecule has 3 aliphatic rings. The second-order valence-electron chi connectivity index (χ2n) is 9.21. The fourth-order valence-electron chi connectivity index (χ4n) is 5.50. The molecule has 1 aliphatic carbocycles. The highest BCUT2D eigenvalue weighted by molar-refractivity contribution is 6.11. The predicted octanol–water partition coefficient (Wildman–Crippen LogP) is 2.33. The number of likely N-dealkylation sites (tertiary alicyclic amines) is 1. The lowest BCUT2D eigenvalue weighted by atomic mass is 9.75. The first-order valence-electron chi connectivity index (χ1n) is 12.1. The third kappa shape index (κ3) is 4.35. The fourth-order valence-corrected chi connectivity index (χ4v) is 5.50. The summed E-state index contributed by atoms with van der Waals surface area (Å²) in [5, 5.41) is 0. The molecule has 0 N–H and O–H groups in total. The summed E-state index contributed by atoms with van der Waals surface area (Å²) in [6.07, 6.45) is 3.06. The Kier molecular flexibility index (Phi) is 7.09. The maximum Gasteiger partial charge on any atom is 0.409 e. The first-order valence-corrected chi connectivity index (χ1v) is 12.1. The van der Waals surface area contributed by atoms with Gasteiger partial charge in [0.25, 0.3) is 0 Å². The molecule has 4 rings (SSSR count). The van der Waals surface area contributed by atoms with Crippen LogP contribution >= 0.6 is 0 Å². The van der Waals surface area contributed by atoms with Gasteiger partial charge in [-0.05, 0) is 25.8 Å². The van der Waals surface area contributed by atoms with Crippen molar-refractivity contribution in [3.8, 4) is 5.75 Å². The summed E-state index contributed by atoms with van der Waals surface area (Å²) >= 11 is 0. The van der Waals surface area contributed by atoms with Gasteiger partial charge in [-0.15, -0.1) is 0 Å². The molecular formula is C25H33N3O6. The number of amides is 4. The quantitative estimate of drug-likeness (QED) is 0.591. The van der Waals surface area contributed by atoms with Gasteiger partial charge in [-0.1, -0.05) is 31.0 Å². The van der Waals surface area contributed by atoms with E-state index >= 15 is 0 Å². The average Bonchev–Trinajstić information content (AvgIpc) is 3.45. The summed E-state index contributed by atoms with van der Waals surface area (Å²) in [7, 11) is 1.53. The van der Waals surface area contributed by atoms with E-state index < -0.39 is 5.41 Å². The topological polar surface area (TPSA) is 96.5 Å². The van der Waals surface area contributed by atoms with Crippen molar-refractivity contribution < 1.29 is 28.7 Å². The monoisotopic (exact) mass is 471 g/mol. The summed E-state index contributed by atoms with van der Waals surface area (Å²) in [6.45, 7) is 3.50. The summed E-state index contributed by atoms with van der Waals surface area (Å²) in [5.74, 6) is -0.226. The molecule has 1 atom stereocenters. The van der Waals surface area contributed by atoms with E-state index in [1.807, 2.05) is 6.07 Å². The number of nitrogens with zero attached hydrogens (tertiary/aromatic N) is 3. The lowest BCUT2D eigenvalue weighted by Gasteiger charge is -2.36. The molecule has 2 aliphatic heterocycles. The van der Waals surface area contributed by atoms with Crippen LogP contribution in [-0.4, -0.2) is 84.5 Å². The molecule has 0 aromatic heterocycles. The zero-order valence-electron chi connectivity index (χ0n) is 20.0. The summed E-state index contributed by atoms with van der Waals surface area (Å²) in [5.41, 5.74) is -0.711. The number of benzene rings is 1. The predicted molar refractivity (Wildman–Crippen MR) is 123 cm³/mol. The maximum absolute atomic E-state index is 13.9. The molecule has 1 aromatic rings. The zero-order chi connectivity index (χ0) is 24.3. The molecule has 34 heavy (non-hydrogen) atoms. The number of para-hydroxylation sites is 1. The van der Waals surface area contributed by atoms with Gasteiger partial charge in [-0.2, -0.15) is 0 Å². The molecule has 9 nitrogen and oxygen atoms in total. The Morgan fingerprint density at radius 2 is 1.68 bits per heavy atom. The largest absolute Gasteiger partial charge is 0.496 e. The smallest absolute Gasteiger partial charge is 0.409 e. The molecule has 2 heterocycles. The number of imide groups is 1. The minimum absolute atomic E-state index is 0.0444. The number of piperazine rings is 1. The fraction of sp³-hybridized carbons (Fsp3) is 0.600. The summed E-state index contributed by atoms with van der Waals surface area (Å²) < 4.78 is 10.6. The maximum atomic E-state index is 13.9. The lowest BCUT2D eigenvalue weighted by Crippen LogP contribution is -2.52. The molecule has 2 saturated heterocycles. The van der Waals surface area contributed by atoms with Gasteiger partial charge < -0.3 is 19.3 Å². The van der Waals surface area contributed by atoms with Crippen LogP contribution < -0.4 is 4.74 Å². The Balaban J connectivity index is 1.59. The Morgan fingerprint density at radius 1 is 1.03 bits per heavy atom. The van der Waals surface area contributed by atoms with E-state index in [0.717, 1.165) is 25.7 Å². The number of carbonyl (C=O) groups is 4. The minimum Gasteiger partial charge on any atom is -0.496 e. The third-order valence-electron chi connectivity index (χ3n) is 7.27. The first-order chi connectivity index (χ1) is 16.4. The number of carbonyl (C=O) groups excluding carboxylic acids is 4. The van der Waals surface area contributed by atoms with E-state index in [0.29, 0.717) is 44.1 Å². The number of rotatable bonds is 6. The van der Waals surface area contributed by atoms with Crippen molar-refractivity contribution in [1.29, 1.82) is 0 Å². The standard InChI is InChI=1S/C25H33N3O6/c1-3-34-24(32)27-14-12-26(13-15-27)21(29)16-25(19-10-6-7-11-20(19)33-2)17-22(30)28(23(25)31)18-8-4-5-9-18/h6-7,10-11,18H,3-5,8-9,12-17H2,1-2H3/t25-/m1/s1. The van der Waals surface area contributed by atoms with Crippen LogP contribution in [0.1, 0.15) is 51.0 Å². The molecule has 0 unspecified atom stereocenters. The second-order valence-corrected chi connectivity index (χ2v) is 9.21. The van der Waals surface area contributed by atoms with Crippen LogP contribution in [0.2, 0.25) is 0 Å². The Hall–Kier alpha value is -3.10. The van der Waals surface area contributed by atoms with Crippen LogP contribution in [0.5, 0.6) is 5.75 Å². The van der Waals surface area contributed by atoms with Crippen molar-refractivity contribution >= 4 is 23.8 Å². The number of ether oxygens (including phenoxy) is 2. The Labute approximate surface area is 200 Å². The Morgan fingerprint density at radius 3 is 2.32 bits per heavy atom. The molecule has 0 spiro atoms. The molecule has 1 saturated carbocycles. The highest BCUT2D eigenvalue weighted by atomic mass is 16.6. The number of methoxy groups -OCH3 is 1. The van der Waals surface area contributed by atoms with Gasteiger partial charge >= 0.3 is 6.09 Å². The van der Waals surface area contributed by atoms with Gasteiger partial charge in [0.15, 0.2) is 0 Å². The molecule has 0 radical (unpaired) electrons. The lowest BCUT2D eigenvalue weighted by molar-refractivity contribution is -0.145. The molecule has 0 bridgehead atoms. The van der Waals surface area contributed by atoms with E-state index in [-0.39, 0.29) is 42.7 Å². The summed E-state index contributed by atoms with van der Waals surface area (Å²) in [4.78, 5) is 57.3. The van der Waals surface area contributed by atoms with Gasteiger partial charge in [0.1, 0.15) is 5.75 Å². The van der Waals surface area contributed by atoms with E-state index in [9.17, 15) is 19.2 Å². The second kappa shape index (κ2) is 10.0. The Bertz CT molecular complexity index is 952. The molecule has 9 heteroatoms. The number of hydrogen-bond acceptors (Lipinski definition) is 6. The highest BCUT2D eigenvalue weighted by Crippen LogP contribution is 2.46. The SMILES string of the molecule is CCOC(=O)N1CCN(C(=O)C[C@]2(c3ccccc3OC)CC(=O)N(C3CCCC3)C2=O)CC1. The summed E-state index contributed by atoms with van der Waals surface area (Å²) in [6, 6.07) is 7.06. The van der Waals surface area contributed by atoms with Crippen LogP contribution in [0.25, 0.3) is 0 Å². The van der Waals surface area contributed by atoms with Gasteiger partial charge in [-0.3, -0.25) is 19.3 Å². The normalized spacial score (nSPS) is 23.5. The van der Waals surface area contributed by atoms with E-state index in [2.05, 4.69) is 0 Å². The number of hydrogen-bond donors (Lipinski definition) is 0. The van der Waals surface area contributed by atoms with E-state index in [1.165, 1.54) is 12.0 Å².